The Balaban J connectivity index is 1.89. The quantitative estimate of drug-likeness (QED) is 0.850. The Labute approximate surface area is 130 Å². The Hall–Kier alpha value is -1.62. The predicted octanol–water partition coefficient (Wildman–Crippen LogP) is 1.88. The van der Waals surface area contributed by atoms with Crippen LogP contribution in [0.5, 0.6) is 0 Å². The Morgan fingerprint density at radius 1 is 1.18 bits per heavy atom. The van der Waals surface area contributed by atoms with E-state index in [9.17, 15) is 4.79 Å². The number of aromatic nitrogens is 3. The minimum absolute atomic E-state index is 0.235. The molecule has 0 N–H and O–H groups in total. The third kappa shape index (κ3) is 1.88. The summed E-state index contributed by atoms with van der Waals surface area (Å²) < 4.78 is 3.91. The molecule has 2 aromatic heterocycles. The van der Waals surface area contributed by atoms with Gasteiger partial charge in [-0.2, -0.15) is 5.10 Å². The highest BCUT2D eigenvalue weighted by atomic mass is 16.1. The molecule has 4 rings (SSSR count). The zero-order chi connectivity index (χ0) is 15.4. The van der Waals surface area contributed by atoms with E-state index in [4.69, 9.17) is 0 Å². The fourth-order valence-electron chi connectivity index (χ4n) is 4.02. The van der Waals surface area contributed by atoms with E-state index in [1.54, 1.807) is 0 Å². The zero-order valence-corrected chi connectivity index (χ0v) is 13.7. The lowest BCUT2D eigenvalue weighted by Crippen LogP contribution is -2.53. The molecule has 1 aliphatic heterocycles. The van der Waals surface area contributed by atoms with Crippen LogP contribution in [0.25, 0.3) is 11.0 Å². The molecule has 0 bridgehead atoms. The third-order valence-corrected chi connectivity index (χ3v) is 5.39. The number of rotatable bonds is 2. The van der Waals surface area contributed by atoms with Crippen LogP contribution in [0.1, 0.15) is 43.9 Å². The molecule has 1 aliphatic carbocycles. The Kier molecular flexibility index (Phi) is 3.15. The predicted molar refractivity (Wildman–Crippen MR) is 87.4 cm³/mol. The number of nitrogens with zero attached hydrogens (tertiary/aromatic N) is 4. The minimum Gasteiger partial charge on any atom is -0.297 e. The first-order valence-corrected chi connectivity index (χ1v) is 8.40. The summed E-state index contributed by atoms with van der Waals surface area (Å²) in [7, 11) is 1.95. The van der Waals surface area contributed by atoms with Crippen molar-refractivity contribution in [2.24, 2.45) is 7.05 Å². The number of hydrogen-bond donors (Lipinski definition) is 0. The zero-order valence-electron chi connectivity index (χ0n) is 13.7. The molecular formula is C17H24N4O. The lowest BCUT2D eigenvalue weighted by molar-refractivity contribution is 0.0741. The average molecular weight is 300 g/mol. The molecular weight excluding hydrogens is 276 g/mol. The molecule has 5 heteroatoms. The molecule has 0 aromatic carbocycles. The smallest absolute Gasteiger partial charge is 0.256 e. The van der Waals surface area contributed by atoms with Crippen LogP contribution < -0.4 is 5.56 Å². The number of fused-ring (bicyclic) bond motifs is 3. The van der Waals surface area contributed by atoms with E-state index in [1.165, 1.54) is 17.4 Å². The van der Waals surface area contributed by atoms with Gasteiger partial charge in [-0.3, -0.25) is 18.9 Å². The summed E-state index contributed by atoms with van der Waals surface area (Å²) in [6.45, 7) is 6.37. The van der Waals surface area contributed by atoms with Crippen LogP contribution in [0, 0.1) is 0 Å². The molecule has 5 nitrogen and oxygen atoms in total. The molecule has 2 aromatic rings. The van der Waals surface area contributed by atoms with Gasteiger partial charge in [-0.15, -0.1) is 0 Å². The van der Waals surface area contributed by atoms with Crippen molar-refractivity contribution in [1.82, 2.24) is 19.2 Å². The summed E-state index contributed by atoms with van der Waals surface area (Å²) in [5, 5.41) is 5.64. The fraction of sp³-hybridized carbons (Fsp3) is 0.647. The van der Waals surface area contributed by atoms with E-state index in [0.29, 0.717) is 12.1 Å². The van der Waals surface area contributed by atoms with Crippen molar-refractivity contribution in [1.29, 1.82) is 0 Å². The largest absolute Gasteiger partial charge is 0.297 e. The van der Waals surface area contributed by atoms with Gasteiger partial charge >= 0.3 is 0 Å². The van der Waals surface area contributed by atoms with Crippen LogP contribution in [0.15, 0.2) is 11.0 Å². The second-order valence-corrected chi connectivity index (χ2v) is 7.05. The molecule has 3 heterocycles. The van der Waals surface area contributed by atoms with Gasteiger partial charge in [0, 0.05) is 37.1 Å². The van der Waals surface area contributed by atoms with Gasteiger partial charge in [-0.1, -0.05) is 0 Å². The van der Waals surface area contributed by atoms with Gasteiger partial charge < -0.3 is 0 Å². The van der Waals surface area contributed by atoms with Gasteiger partial charge in [0.1, 0.15) is 5.65 Å². The Morgan fingerprint density at radius 2 is 1.86 bits per heavy atom. The molecule has 0 unspecified atom stereocenters. The maximum atomic E-state index is 13.1. The van der Waals surface area contributed by atoms with E-state index in [2.05, 4.69) is 23.8 Å². The molecule has 0 spiro atoms. The first-order valence-electron chi connectivity index (χ1n) is 8.40. The monoisotopic (exact) mass is 300 g/mol. The van der Waals surface area contributed by atoms with Gasteiger partial charge in [0.25, 0.3) is 5.56 Å². The summed E-state index contributed by atoms with van der Waals surface area (Å²) in [5.74, 6) is 0. The first kappa shape index (κ1) is 14.0. The first-order chi connectivity index (χ1) is 10.6. The van der Waals surface area contributed by atoms with Crippen molar-refractivity contribution in [2.45, 2.75) is 51.6 Å². The molecule has 0 atom stereocenters. The number of hydrogen-bond acceptors (Lipinski definition) is 3. The van der Waals surface area contributed by atoms with Gasteiger partial charge in [0.05, 0.1) is 12.2 Å². The highest BCUT2D eigenvalue weighted by Crippen LogP contribution is 2.30. The maximum absolute atomic E-state index is 13.1. The maximum Gasteiger partial charge on any atom is 0.256 e. The molecule has 1 fully saturated rings. The summed E-state index contributed by atoms with van der Waals surface area (Å²) in [4.78, 5) is 15.5. The van der Waals surface area contributed by atoms with Crippen molar-refractivity contribution >= 4 is 11.0 Å². The van der Waals surface area contributed by atoms with Gasteiger partial charge in [-0.25, -0.2) is 0 Å². The lowest BCUT2D eigenvalue weighted by Gasteiger charge is -2.43. The minimum atomic E-state index is 0.235. The molecule has 0 saturated carbocycles. The molecule has 0 radical (unpaired) electrons. The number of likely N-dealkylation sites (tertiary alicyclic amines) is 1. The molecule has 0 amide bonds. The lowest BCUT2D eigenvalue weighted by atomic mass is 9.90. The highest BCUT2D eigenvalue weighted by molar-refractivity contribution is 5.81. The Bertz CT molecular complexity index is 780. The van der Waals surface area contributed by atoms with E-state index < -0.39 is 0 Å². The van der Waals surface area contributed by atoms with Crippen molar-refractivity contribution in [3.05, 3.63) is 27.7 Å². The highest BCUT2D eigenvalue weighted by Gasteiger charge is 2.33. The van der Waals surface area contributed by atoms with Crippen LogP contribution in [-0.2, 0) is 19.9 Å². The standard InChI is InChI=1S/C17H24N4O/c1-11(2)20-9-12(10-20)21-16-15(8-18-19(16)3)13-6-4-5-7-14(13)17(21)22/h8,11-12H,4-7,9-10H2,1-3H3. The van der Waals surface area contributed by atoms with Crippen molar-refractivity contribution in [2.75, 3.05) is 13.1 Å². The molecule has 1 saturated heterocycles. The summed E-state index contributed by atoms with van der Waals surface area (Å²) in [6, 6.07) is 0.839. The topological polar surface area (TPSA) is 43.1 Å². The molecule has 22 heavy (non-hydrogen) atoms. The summed E-state index contributed by atoms with van der Waals surface area (Å²) in [6.07, 6.45) is 6.23. The van der Waals surface area contributed by atoms with E-state index in [-0.39, 0.29) is 5.56 Å². The summed E-state index contributed by atoms with van der Waals surface area (Å²) in [5.41, 5.74) is 3.56. The second-order valence-electron chi connectivity index (χ2n) is 7.05. The number of aryl methyl sites for hydroxylation is 2. The van der Waals surface area contributed by atoms with Gasteiger partial charge in [0.2, 0.25) is 0 Å². The summed E-state index contributed by atoms with van der Waals surface area (Å²) >= 11 is 0. The number of pyridine rings is 1. The normalized spacial score (nSPS) is 19.6. The van der Waals surface area contributed by atoms with Crippen LogP contribution in [0.4, 0.5) is 0 Å². The fourth-order valence-corrected chi connectivity index (χ4v) is 4.02. The van der Waals surface area contributed by atoms with E-state index >= 15 is 0 Å². The van der Waals surface area contributed by atoms with Gasteiger partial charge in [-0.05, 0) is 45.1 Å². The van der Waals surface area contributed by atoms with Crippen LogP contribution in [-0.4, -0.2) is 38.4 Å². The third-order valence-electron chi connectivity index (χ3n) is 5.39. The Morgan fingerprint density at radius 3 is 2.55 bits per heavy atom. The molecule has 118 valence electrons. The van der Waals surface area contributed by atoms with Crippen molar-refractivity contribution in [3.63, 3.8) is 0 Å². The average Bonchev–Trinajstić information content (AvgIpc) is 2.83. The van der Waals surface area contributed by atoms with Gasteiger partial charge in [0.15, 0.2) is 0 Å². The molecule has 2 aliphatic rings. The van der Waals surface area contributed by atoms with Crippen molar-refractivity contribution < 1.29 is 0 Å². The van der Waals surface area contributed by atoms with Crippen LogP contribution in [0.3, 0.4) is 0 Å². The van der Waals surface area contributed by atoms with Crippen molar-refractivity contribution in [3.8, 4) is 0 Å². The van der Waals surface area contributed by atoms with E-state index in [0.717, 1.165) is 43.6 Å². The SMILES string of the molecule is CC(C)N1CC(n2c(=O)c3c(c4cnn(C)c42)CCCC3)C1. The van der Waals surface area contributed by atoms with E-state index in [1.807, 2.05) is 22.5 Å². The van der Waals surface area contributed by atoms with Crippen LogP contribution >= 0.6 is 0 Å². The van der Waals surface area contributed by atoms with Crippen LogP contribution in [0.2, 0.25) is 0 Å². The second kappa shape index (κ2) is 4.95.